The third kappa shape index (κ3) is 6.67. The summed E-state index contributed by atoms with van der Waals surface area (Å²) in [6.07, 6.45) is -5.94. The first-order chi connectivity index (χ1) is 25.4. The Morgan fingerprint density at radius 3 is 2.37 bits per heavy atom. The van der Waals surface area contributed by atoms with Crippen LogP contribution in [0, 0.1) is 0 Å². The SMILES string of the molecule is C/C=C\c1cc(C(OCc2ccccc2)(C(F)(F)F)C(F)(F)F)ccc1N1C[C@H](C)N(C(=O)CN2C(=O)NC(C)(c3cc4ccoc4cn3)C2=O)C[C@H]1C. The van der Waals surface area contributed by atoms with Crippen LogP contribution in [0.4, 0.5) is 36.8 Å². The Kier molecular flexibility index (Phi) is 10.0. The van der Waals surface area contributed by atoms with E-state index in [0.717, 1.165) is 17.0 Å². The molecule has 1 N–H and O–H groups in total. The van der Waals surface area contributed by atoms with Crippen molar-refractivity contribution in [3.63, 3.8) is 0 Å². The number of rotatable bonds is 9. The predicted octanol–water partition coefficient (Wildman–Crippen LogP) is 7.29. The second-order valence-electron chi connectivity index (χ2n) is 13.6. The number of hydrogen-bond donors (Lipinski definition) is 1. The van der Waals surface area contributed by atoms with Gasteiger partial charge in [0.1, 0.15) is 6.54 Å². The molecule has 2 saturated heterocycles. The molecule has 286 valence electrons. The van der Waals surface area contributed by atoms with E-state index in [-0.39, 0.29) is 29.9 Å². The molecule has 0 spiro atoms. The van der Waals surface area contributed by atoms with E-state index in [1.54, 1.807) is 43.9 Å². The summed E-state index contributed by atoms with van der Waals surface area (Å²) in [5, 5.41) is 3.31. The third-order valence-corrected chi connectivity index (χ3v) is 9.91. The van der Waals surface area contributed by atoms with Crippen LogP contribution < -0.4 is 10.2 Å². The van der Waals surface area contributed by atoms with Crippen molar-refractivity contribution in [2.75, 3.05) is 24.5 Å². The fourth-order valence-corrected chi connectivity index (χ4v) is 7.04. The summed E-state index contributed by atoms with van der Waals surface area (Å²) < 4.78 is 98.1. The molecule has 1 unspecified atom stereocenters. The summed E-state index contributed by atoms with van der Waals surface area (Å²) >= 11 is 0. The van der Waals surface area contributed by atoms with Crippen molar-refractivity contribution >= 4 is 40.6 Å². The summed E-state index contributed by atoms with van der Waals surface area (Å²) in [5.74, 6) is -1.20. The van der Waals surface area contributed by atoms with E-state index in [4.69, 9.17) is 9.15 Å². The van der Waals surface area contributed by atoms with Crippen LogP contribution in [0.2, 0.25) is 0 Å². The minimum absolute atomic E-state index is 0.0753. The third-order valence-electron chi connectivity index (χ3n) is 9.91. The lowest BCUT2D eigenvalue weighted by molar-refractivity contribution is -0.392. The number of carbonyl (C=O) groups excluding carboxylic acids is 3. The molecule has 16 heteroatoms. The van der Waals surface area contributed by atoms with E-state index in [1.165, 1.54) is 66.8 Å². The van der Waals surface area contributed by atoms with Gasteiger partial charge in [0.15, 0.2) is 11.1 Å². The van der Waals surface area contributed by atoms with Gasteiger partial charge in [0.25, 0.3) is 11.5 Å². The maximum atomic E-state index is 14.7. The van der Waals surface area contributed by atoms with Gasteiger partial charge in [-0.3, -0.25) is 19.5 Å². The van der Waals surface area contributed by atoms with Crippen molar-refractivity contribution < 1.29 is 49.9 Å². The van der Waals surface area contributed by atoms with Crippen LogP contribution in [0.3, 0.4) is 0 Å². The summed E-state index contributed by atoms with van der Waals surface area (Å²) in [7, 11) is 0. The number of carbonyl (C=O) groups is 3. The highest BCUT2D eigenvalue weighted by molar-refractivity contribution is 6.09. The zero-order valence-electron chi connectivity index (χ0n) is 29.7. The summed E-state index contributed by atoms with van der Waals surface area (Å²) in [6, 6.07) is 11.6. The lowest BCUT2D eigenvalue weighted by Gasteiger charge is -2.46. The van der Waals surface area contributed by atoms with Gasteiger partial charge in [0.05, 0.1) is 24.8 Å². The number of pyridine rings is 1. The van der Waals surface area contributed by atoms with Crippen LogP contribution in [-0.4, -0.2) is 76.7 Å². The zero-order valence-corrected chi connectivity index (χ0v) is 29.7. The summed E-state index contributed by atoms with van der Waals surface area (Å²) in [6.45, 7) is 5.24. The molecule has 3 atom stereocenters. The molecule has 4 aromatic rings. The van der Waals surface area contributed by atoms with Crippen molar-refractivity contribution in [1.82, 2.24) is 20.1 Å². The van der Waals surface area contributed by atoms with Crippen LogP contribution in [-0.2, 0) is 32.1 Å². The number of fused-ring (bicyclic) bond motifs is 1. The van der Waals surface area contributed by atoms with Gasteiger partial charge in [-0.1, -0.05) is 48.6 Å². The highest BCUT2D eigenvalue weighted by atomic mass is 19.4. The molecule has 2 fully saturated rings. The summed E-state index contributed by atoms with van der Waals surface area (Å²) in [4.78, 5) is 48.7. The van der Waals surface area contributed by atoms with Crippen LogP contribution >= 0.6 is 0 Å². The van der Waals surface area contributed by atoms with Crippen molar-refractivity contribution in [3.8, 4) is 0 Å². The van der Waals surface area contributed by atoms with Crippen molar-refractivity contribution in [3.05, 3.63) is 102 Å². The van der Waals surface area contributed by atoms with Gasteiger partial charge in [-0.2, -0.15) is 26.3 Å². The molecule has 4 amide bonds. The number of halogens is 6. The van der Waals surface area contributed by atoms with Crippen LogP contribution in [0.25, 0.3) is 17.0 Å². The van der Waals surface area contributed by atoms with E-state index in [0.29, 0.717) is 16.7 Å². The first-order valence-corrected chi connectivity index (χ1v) is 17.0. The molecule has 10 nitrogen and oxygen atoms in total. The second-order valence-corrected chi connectivity index (χ2v) is 13.6. The molecule has 0 radical (unpaired) electrons. The molecule has 0 bridgehead atoms. The lowest BCUT2D eigenvalue weighted by Crippen LogP contribution is -2.60. The van der Waals surface area contributed by atoms with E-state index in [1.807, 2.05) is 0 Å². The standard InChI is InChI=1S/C38H37F6N5O5/c1-5-9-26-16-28(36(37(39,40)41,38(42,43)44)54-22-25-10-7-6-8-11-25)12-13-29(26)47-19-24(3)48(20-23(47)2)32(50)21-49-33(51)35(4,46-34(49)52)31-17-27-14-15-53-30(27)18-45-31/h5-18,23-24H,19-22H2,1-4H3,(H,46,52)/b9-5-/t23-,24+,35?/m1/s1. The number of nitrogens with one attached hydrogen (secondary N) is 1. The summed E-state index contributed by atoms with van der Waals surface area (Å²) in [5.41, 5.74) is -6.01. The Morgan fingerprint density at radius 2 is 1.70 bits per heavy atom. The molecule has 2 aromatic carbocycles. The molecule has 4 heterocycles. The molecule has 0 saturated carbocycles. The highest BCUT2D eigenvalue weighted by Crippen LogP contribution is 2.54. The minimum Gasteiger partial charge on any atom is -0.463 e. The van der Waals surface area contributed by atoms with Crippen molar-refractivity contribution in [2.24, 2.45) is 0 Å². The Hall–Kier alpha value is -5.38. The average molecular weight is 758 g/mol. The Bertz CT molecular complexity index is 2070. The maximum Gasteiger partial charge on any atom is 0.430 e. The maximum absolute atomic E-state index is 14.7. The lowest BCUT2D eigenvalue weighted by atomic mass is 9.89. The Morgan fingerprint density at radius 1 is 1.00 bits per heavy atom. The fourth-order valence-electron chi connectivity index (χ4n) is 7.04. The molecule has 2 aromatic heterocycles. The monoisotopic (exact) mass is 757 g/mol. The second kappa shape index (κ2) is 14.1. The molecule has 0 aliphatic carbocycles. The number of aromatic nitrogens is 1. The quantitative estimate of drug-likeness (QED) is 0.141. The predicted molar refractivity (Wildman–Crippen MR) is 186 cm³/mol. The smallest absolute Gasteiger partial charge is 0.430 e. The molecular formula is C38H37F6N5O5. The Balaban J connectivity index is 1.23. The highest BCUT2D eigenvalue weighted by Gasteiger charge is 2.73. The number of ether oxygens (including phenoxy) is 1. The van der Waals surface area contributed by atoms with Gasteiger partial charge >= 0.3 is 18.4 Å². The van der Waals surface area contributed by atoms with Crippen LogP contribution in [0.5, 0.6) is 0 Å². The van der Waals surface area contributed by atoms with Gasteiger partial charge in [-0.05, 0) is 63.1 Å². The van der Waals surface area contributed by atoms with Gasteiger partial charge in [-0.15, -0.1) is 0 Å². The number of furan rings is 1. The van der Waals surface area contributed by atoms with E-state index in [2.05, 4.69) is 10.3 Å². The van der Waals surface area contributed by atoms with E-state index in [9.17, 15) is 40.7 Å². The number of amides is 4. The number of anilines is 1. The minimum atomic E-state index is -5.88. The molecule has 2 aliphatic rings. The van der Waals surface area contributed by atoms with Gasteiger partial charge in [0, 0.05) is 41.8 Å². The molecule has 54 heavy (non-hydrogen) atoms. The number of nitrogens with zero attached hydrogens (tertiary/aromatic N) is 4. The number of benzene rings is 2. The molecule has 6 rings (SSSR count). The van der Waals surface area contributed by atoms with Gasteiger partial charge in [0.2, 0.25) is 5.91 Å². The largest absolute Gasteiger partial charge is 0.463 e. The number of alkyl halides is 6. The fraction of sp³-hybridized carbons (Fsp3) is 0.368. The van der Waals surface area contributed by atoms with Crippen molar-refractivity contribution in [2.45, 2.75) is 69.9 Å². The Labute approximate surface area is 306 Å². The van der Waals surface area contributed by atoms with Gasteiger partial charge in [-0.25, -0.2) is 4.79 Å². The average Bonchev–Trinajstić information content (AvgIpc) is 3.67. The number of piperazine rings is 1. The number of hydrogen-bond acceptors (Lipinski definition) is 7. The molecule has 2 aliphatic heterocycles. The zero-order chi connectivity index (χ0) is 39.2. The van der Waals surface area contributed by atoms with Gasteiger partial charge < -0.3 is 24.3 Å². The first kappa shape index (κ1) is 38.3. The van der Waals surface area contributed by atoms with Crippen LogP contribution in [0.15, 0.2) is 83.6 Å². The van der Waals surface area contributed by atoms with Crippen LogP contribution in [0.1, 0.15) is 50.1 Å². The first-order valence-electron chi connectivity index (χ1n) is 17.0. The van der Waals surface area contributed by atoms with Crippen molar-refractivity contribution in [1.29, 1.82) is 0 Å². The normalized spacial score (nSPS) is 21.4. The number of imide groups is 1. The topological polar surface area (TPSA) is 108 Å². The number of urea groups is 1. The van der Waals surface area contributed by atoms with E-state index >= 15 is 0 Å². The molecular weight excluding hydrogens is 720 g/mol. The number of allylic oxidation sites excluding steroid dienone is 1. The van der Waals surface area contributed by atoms with E-state index < -0.39 is 72.1 Å².